The summed E-state index contributed by atoms with van der Waals surface area (Å²) in [5.74, 6) is -0.864. The highest BCUT2D eigenvalue weighted by Gasteiger charge is 2.65. The number of amides is 2. The number of hydrogen-bond donors (Lipinski definition) is 9. The second-order valence-corrected chi connectivity index (χ2v) is 19.5. The third-order valence-electron chi connectivity index (χ3n) is 15.8. The van der Waals surface area contributed by atoms with Crippen molar-refractivity contribution in [3.05, 3.63) is 0 Å². The van der Waals surface area contributed by atoms with Crippen molar-refractivity contribution < 1.29 is 70.0 Å². The summed E-state index contributed by atoms with van der Waals surface area (Å²) >= 11 is 0. The molecule has 0 spiro atoms. The van der Waals surface area contributed by atoms with E-state index in [1.807, 2.05) is 4.90 Å². The molecule has 4 fully saturated rings. The quantitative estimate of drug-likeness (QED) is 0.0285. The smallest absolute Gasteiger partial charge is 0.317 e. The molecule has 19 heteroatoms. The second kappa shape index (κ2) is 26.0. The zero-order valence-electron chi connectivity index (χ0n) is 37.9. The Balaban J connectivity index is 1.16. The molecule has 4 rings (SSSR count). The van der Waals surface area contributed by atoms with Gasteiger partial charge in [0, 0.05) is 71.2 Å². The van der Waals surface area contributed by atoms with Gasteiger partial charge in [0.25, 0.3) is 0 Å². The molecule has 0 saturated heterocycles. The lowest BCUT2D eigenvalue weighted by Gasteiger charge is -2.63. The maximum absolute atomic E-state index is 13.1. The Bertz CT molecular complexity index is 1420. The van der Waals surface area contributed by atoms with Crippen LogP contribution in [0.2, 0.25) is 0 Å². The van der Waals surface area contributed by atoms with Gasteiger partial charge in [-0.25, -0.2) is 14.7 Å². The Hall–Kier alpha value is -2.56. The predicted molar refractivity (Wildman–Crippen MR) is 230 cm³/mol. The van der Waals surface area contributed by atoms with Gasteiger partial charge < -0.3 is 31.1 Å². The number of hydrogen-bond acceptors (Lipinski definition) is 15. The molecule has 4 aliphatic rings. The van der Waals surface area contributed by atoms with E-state index in [1.54, 1.807) is 9.80 Å². The molecule has 0 aromatic carbocycles. The first-order valence-electron chi connectivity index (χ1n) is 23.4. The van der Waals surface area contributed by atoms with Gasteiger partial charge in [-0.05, 0) is 111 Å². The van der Waals surface area contributed by atoms with E-state index in [0.717, 1.165) is 38.5 Å². The fraction of sp³-hybridized carbons (Fsp3) is 0.909. The van der Waals surface area contributed by atoms with Crippen LogP contribution in [0.15, 0.2) is 0 Å². The average molecular weight is 902 g/mol. The van der Waals surface area contributed by atoms with Crippen molar-refractivity contribution in [1.82, 2.24) is 25.3 Å². The molecule has 11 atom stereocenters. The van der Waals surface area contributed by atoms with Gasteiger partial charge in [0.1, 0.15) is 0 Å². The van der Waals surface area contributed by atoms with E-state index in [0.29, 0.717) is 84.3 Å². The summed E-state index contributed by atoms with van der Waals surface area (Å²) in [6.45, 7) is 9.15. The Morgan fingerprint density at radius 1 is 0.698 bits per heavy atom. The molecule has 63 heavy (non-hydrogen) atoms. The summed E-state index contributed by atoms with van der Waals surface area (Å²) < 4.78 is 0. The lowest BCUT2D eigenvalue weighted by molar-refractivity contribution is -0.251. The molecule has 364 valence electrons. The van der Waals surface area contributed by atoms with Crippen molar-refractivity contribution in [2.45, 2.75) is 122 Å². The standard InChI is InChI=1S/C44H79N5O14/c1-30(8-11-40(54)55)33-9-10-34-42-35(27-37(51)44(33,34)3)43(2)13-12-32(25-31(43)26-36(42)50)46-38(52)7-5-4-6-14-45-39(53)28-49(21-24-63-60)18-17-48(29-41(56)57)16-15-47(19-22-61-58)20-23-62-59/h30-37,42,50-51,58-60H,4-29H2,1-3H3,(H,45,53)(H,46,52)(H,54,55)(H,56,57)/t30?,31?,32?,33-,34?,35?,36?,37?,42?,43+,44-/m1/s1. The summed E-state index contributed by atoms with van der Waals surface area (Å²) in [6, 6.07) is 0.0346. The van der Waals surface area contributed by atoms with Crippen LogP contribution >= 0.6 is 0 Å². The first kappa shape index (κ1) is 53.1. The van der Waals surface area contributed by atoms with E-state index < -0.39 is 24.1 Å². The number of aliphatic carboxylic acids is 2. The largest absolute Gasteiger partial charge is 0.481 e. The monoisotopic (exact) mass is 902 g/mol. The lowest BCUT2D eigenvalue weighted by atomic mass is 9.43. The molecule has 0 radical (unpaired) electrons. The van der Waals surface area contributed by atoms with Crippen LogP contribution in [0, 0.1) is 46.3 Å². The molecule has 0 aromatic rings. The third kappa shape index (κ3) is 15.0. The van der Waals surface area contributed by atoms with Crippen LogP contribution < -0.4 is 10.6 Å². The second-order valence-electron chi connectivity index (χ2n) is 19.5. The number of rotatable bonds is 30. The van der Waals surface area contributed by atoms with Gasteiger partial charge >= 0.3 is 11.9 Å². The number of fused-ring (bicyclic) bond motifs is 5. The zero-order chi connectivity index (χ0) is 46.2. The van der Waals surface area contributed by atoms with Gasteiger partial charge in [-0.3, -0.25) is 49.6 Å². The summed E-state index contributed by atoms with van der Waals surface area (Å²) in [5, 5.41) is 75.0. The summed E-state index contributed by atoms with van der Waals surface area (Å²) in [4.78, 5) is 66.7. The topological polar surface area (TPSA) is 271 Å². The number of carbonyl (C=O) groups is 4. The van der Waals surface area contributed by atoms with Crippen molar-refractivity contribution in [3.63, 3.8) is 0 Å². The number of nitrogens with one attached hydrogen (secondary N) is 2. The zero-order valence-corrected chi connectivity index (χ0v) is 37.9. The fourth-order valence-electron chi connectivity index (χ4n) is 12.4. The molecular weight excluding hydrogens is 823 g/mol. The number of unbranched alkanes of at least 4 members (excludes halogenated alkanes) is 2. The maximum atomic E-state index is 13.1. The maximum Gasteiger partial charge on any atom is 0.317 e. The third-order valence-corrected chi connectivity index (χ3v) is 15.8. The molecule has 0 aromatic heterocycles. The van der Waals surface area contributed by atoms with Gasteiger partial charge in [0.2, 0.25) is 11.8 Å². The first-order valence-corrected chi connectivity index (χ1v) is 23.4. The molecule has 0 bridgehead atoms. The summed E-state index contributed by atoms with van der Waals surface area (Å²) in [6.07, 6.45) is 8.09. The molecule has 9 N–H and O–H groups in total. The highest BCUT2D eigenvalue weighted by Crippen LogP contribution is 2.68. The average Bonchev–Trinajstić information content (AvgIpc) is 3.60. The minimum Gasteiger partial charge on any atom is -0.481 e. The first-order chi connectivity index (χ1) is 30.1. The molecule has 4 aliphatic carbocycles. The van der Waals surface area contributed by atoms with Crippen molar-refractivity contribution in [3.8, 4) is 0 Å². The Kier molecular flexibility index (Phi) is 21.9. The molecule has 8 unspecified atom stereocenters. The highest BCUT2D eigenvalue weighted by molar-refractivity contribution is 5.78. The van der Waals surface area contributed by atoms with Crippen molar-refractivity contribution in [2.24, 2.45) is 46.3 Å². The Morgan fingerprint density at radius 2 is 1.32 bits per heavy atom. The minimum absolute atomic E-state index is 0.00416. The number of nitrogens with zero attached hydrogens (tertiary/aromatic N) is 3. The Labute approximate surface area is 372 Å². The summed E-state index contributed by atoms with van der Waals surface area (Å²) in [5.41, 5.74) is -0.372. The van der Waals surface area contributed by atoms with E-state index in [-0.39, 0.29) is 110 Å². The minimum atomic E-state index is -1.02. The van der Waals surface area contributed by atoms with Crippen molar-refractivity contribution in [1.29, 1.82) is 0 Å². The number of carboxylic acids is 2. The highest BCUT2D eigenvalue weighted by atomic mass is 17.1. The van der Waals surface area contributed by atoms with E-state index in [1.165, 1.54) is 0 Å². The molecule has 2 amide bonds. The Morgan fingerprint density at radius 3 is 1.94 bits per heavy atom. The number of aliphatic hydroxyl groups is 2. The van der Waals surface area contributed by atoms with Crippen LogP contribution in [-0.4, -0.2) is 178 Å². The van der Waals surface area contributed by atoms with E-state index >= 15 is 0 Å². The normalized spacial score (nSPS) is 30.8. The fourth-order valence-corrected chi connectivity index (χ4v) is 12.4. The molecule has 0 aliphatic heterocycles. The predicted octanol–water partition coefficient (Wildman–Crippen LogP) is 2.71. The van der Waals surface area contributed by atoms with Crippen LogP contribution in [0.5, 0.6) is 0 Å². The van der Waals surface area contributed by atoms with Gasteiger partial charge in [-0.15, -0.1) is 0 Å². The van der Waals surface area contributed by atoms with Gasteiger partial charge in [-0.1, -0.05) is 27.2 Å². The van der Waals surface area contributed by atoms with Gasteiger partial charge in [-0.2, -0.15) is 0 Å². The van der Waals surface area contributed by atoms with Gasteiger partial charge in [0.05, 0.1) is 45.1 Å². The van der Waals surface area contributed by atoms with Crippen LogP contribution in [0.3, 0.4) is 0 Å². The van der Waals surface area contributed by atoms with Crippen molar-refractivity contribution in [2.75, 3.05) is 85.3 Å². The SMILES string of the molecule is CC(CCC(=O)O)[C@H]1CCC2C3C(O)CC4CC(NC(=O)CCCCCNC(=O)CN(CCOO)CCN(CCN(CCOO)CCOO)CC(=O)O)CC[C@]4(C)C3CC(O)[C@@]21C. The number of aliphatic hydroxyl groups excluding tert-OH is 2. The van der Waals surface area contributed by atoms with Gasteiger partial charge in [0.15, 0.2) is 0 Å². The van der Waals surface area contributed by atoms with Crippen LogP contribution in [0.1, 0.15) is 104 Å². The molecule has 0 heterocycles. The van der Waals surface area contributed by atoms with E-state index in [9.17, 15) is 39.6 Å². The molecule has 4 saturated carbocycles. The molecular formula is C44H79N5O14. The van der Waals surface area contributed by atoms with E-state index in [4.69, 9.17) is 15.8 Å². The lowest BCUT2D eigenvalue weighted by Crippen LogP contribution is -2.63. The van der Waals surface area contributed by atoms with E-state index in [2.05, 4.69) is 46.1 Å². The number of carboxylic acid groups (broad SMARTS) is 2. The molecule has 19 nitrogen and oxygen atoms in total. The summed E-state index contributed by atoms with van der Waals surface area (Å²) in [7, 11) is 0. The van der Waals surface area contributed by atoms with Crippen LogP contribution in [-0.2, 0) is 33.8 Å². The van der Waals surface area contributed by atoms with Crippen LogP contribution in [0.25, 0.3) is 0 Å². The van der Waals surface area contributed by atoms with Crippen LogP contribution in [0.4, 0.5) is 0 Å². The van der Waals surface area contributed by atoms with Crippen molar-refractivity contribution >= 4 is 23.8 Å². The number of carbonyl (C=O) groups excluding carboxylic acids is 2.